The zero-order valence-corrected chi connectivity index (χ0v) is 12.9. The van der Waals surface area contributed by atoms with Gasteiger partial charge in [0.2, 0.25) is 17.8 Å². The van der Waals surface area contributed by atoms with Crippen LogP contribution in [0, 0.1) is 5.92 Å². The Kier molecular flexibility index (Phi) is 5.55. The first-order valence-corrected chi connectivity index (χ1v) is 7.80. The quantitative estimate of drug-likeness (QED) is 0.726. The van der Waals surface area contributed by atoms with Crippen LogP contribution in [0.25, 0.3) is 0 Å². The maximum Gasteiger partial charge on any atom is 0.231 e. The van der Waals surface area contributed by atoms with Crippen molar-refractivity contribution >= 4 is 17.8 Å². The molecule has 7 nitrogen and oxygen atoms in total. The average molecular weight is 294 g/mol. The van der Waals surface area contributed by atoms with E-state index in [1.54, 1.807) is 0 Å². The summed E-state index contributed by atoms with van der Waals surface area (Å²) in [5.74, 6) is 1.82. The number of hydrogen-bond donors (Lipinski definition) is 3. The third kappa shape index (κ3) is 4.42. The number of aliphatic hydroxyl groups is 1. The zero-order valence-electron chi connectivity index (χ0n) is 12.9. The number of nitrogens with zero attached hydrogens (tertiary/aromatic N) is 4. The van der Waals surface area contributed by atoms with E-state index in [9.17, 15) is 5.11 Å². The van der Waals surface area contributed by atoms with Gasteiger partial charge in [0, 0.05) is 19.6 Å². The van der Waals surface area contributed by atoms with Gasteiger partial charge in [-0.1, -0.05) is 6.42 Å². The molecule has 0 spiro atoms. The Morgan fingerprint density at radius 3 is 2.67 bits per heavy atom. The van der Waals surface area contributed by atoms with Crippen molar-refractivity contribution in [1.82, 2.24) is 15.0 Å². The average Bonchev–Trinajstić information content (AvgIpc) is 2.46. The minimum atomic E-state index is -0.166. The first-order valence-electron chi connectivity index (χ1n) is 7.80. The molecule has 4 N–H and O–H groups in total. The highest BCUT2D eigenvalue weighted by Crippen LogP contribution is 2.24. The first kappa shape index (κ1) is 15.8. The minimum absolute atomic E-state index is 0.166. The van der Waals surface area contributed by atoms with Gasteiger partial charge < -0.3 is 21.1 Å². The Morgan fingerprint density at radius 2 is 2.00 bits per heavy atom. The summed E-state index contributed by atoms with van der Waals surface area (Å²) < 4.78 is 0. The molecule has 2 unspecified atom stereocenters. The second-order valence-electron chi connectivity index (χ2n) is 5.56. The number of aliphatic hydroxyl groups excluding tert-OH is 1. The lowest BCUT2D eigenvalue weighted by Crippen LogP contribution is -2.27. The summed E-state index contributed by atoms with van der Waals surface area (Å²) >= 11 is 0. The molecule has 0 aromatic carbocycles. The molecule has 1 fully saturated rings. The minimum Gasteiger partial charge on any atom is -0.393 e. The molecule has 0 bridgehead atoms. The van der Waals surface area contributed by atoms with E-state index in [0.717, 1.165) is 45.3 Å². The van der Waals surface area contributed by atoms with Crippen LogP contribution in [0.5, 0.6) is 0 Å². The molecule has 1 heterocycles. The fraction of sp³-hybridized carbons (Fsp3) is 0.786. The molecule has 0 radical (unpaired) electrons. The number of nitrogens with one attached hydrogen (secondary N) is 1. The second kappa shape index (κ2) is 7.40. The number of aromatic nitrogens is 3. The fourth-order valence-corrected chi connectivity index (χ4v) is 2.79. The van der Waals surface area contributed by atoms with Crippen LogP contribution in [0.2, 0.25) is 0 Å². The predicted octanol–water partition coefficient (Wildman–Crippen LogP) is 1.26. The lowest BCUT2D eigenvalue weighted by Gasteiger charge is -2.26. The van der Waals surface area contributed by atoms with Gasteiger partial charge >= 0.3 is 0 Å². The van der Waals surface area contributed by atoms with Gasteiger partial charge in [0.05, 0.1) is 6.10 Å². The maximum atomic E-state index is 9.71. The maximum absolute atomic E-state index is 9.71. The summed E-state index contributed by atoms with van der Waals surface area (Å²) in [6.07, 6.45) is 3.81. The Hall–Kier alpha value is -1.63. The highest BCUT2D eigenvalue weighted by molar-refractivity contribution is 5.41. The van der Waals surface area contributed by atoms with E-state index < -0.39 is 0 Å². The van der Waals surface area contributed by atoms with E-state index in [-0.39, 0.29) is 12.1 Å². The van der Waals surface area contributed by atoms with Gasteiger partial charge in [0.15, 0.2) is 0 Å². The Balaban J connectivity index is 1.99. The number of nitrogens with two attached hydrogens (primary N) is 1. The molecule has 21 heavy (non-hydrogen) atoms. The van der Waals surface area contributed by atoms with E-state index in [2.05, 4.69) is 34.1 Å². The van der Waals surface area contributed by atoms with Gasteiger partial charge in [-0.2, -0.15) is 15.0 Å². The Morgan fingerprint density at radius 1 is 1.24 bits per heavy atom. The van der Waals surface area contributed by atoms with Crippen LogP contribution >= 0.6 is 0 Å². The lowest BCUT2D eigenvalue weighted by molar-refractivity contribution is 0.104. The molecule has 1 aliphatic rings. The number of anilines is 3. The number of nitrogen functional groups attached to an aromatic ring is 1. The van der Waals surface area contributed by atoms with E-state index in [1.807, 2.05) is 4.90 Å². The van der Waals surface area contributed by atoms with Crippen molar-refractivity contribution in [3.8, 4) is 0 Å². The molecule has 1 aromatic heterocycles. The molecule has 0 saturated heterocycles. The highest BCUT2D eigenvalue weighted by atomic mass is 16.3. The molecule has 2 rings (SSSR count). The molecular weight excluding hydrogens is 268 g/mol. The van der Waals surface area contributed by atoms with Crippen molar-refractivity contribution in [3.63, 3.8) is 0 Å². The summed E-state index contributed by atoms with van der Waals surface area (Å²) in [5.41, 5.74) is 5.77. The van der Waals surface area contributed by atoms with E-state index in [1.165, 1.54) is 0 Å². The first-order chi connectivity index (χ1) is 10.1. The molecule has 1 saturated carbocycles. The normalized spacial score (nSPS) is 22.0. The smallest absolute Gasteiger partial charge is 0.231 e. The van der Waals surface area contributed by atoms with Crippen molar-refractivity contribution in [2.24, 2.45) is 5.92 Å². The van der Waals surface area contributed by atoms with Crippen LogP contribution in [0.3, 0.4) is 0 Å². The van der Waals surface area contributed by atoms with Crippen LogP contribution in [0.1, 0.15) is 39.5 Å². The topological polar surface area (TPSA) is 100 Å². The molecule has 7 heteroatoms. The summed E-state index contributed by atoms with van der Waals surface area (Å²) in [6.45, 7) is 6.53. The van der Waals surface area contributed by atoms with E-state index >= 15 is 0 Å². The largest absolute Gasteiger partial charge is 0.393 e. The molecule has 1 aliphatic carbocycles. The van der Waals surface area contributed by atoms with Crippen molar-refractivity contribution in [2.75, 3.05) is 35.6 Å². The van der Waals surface area contributed by atoms with Crippen molar-refractivity contribution in [2.45, 2.75) is 45.6 Å². The zero-order chi connectivity index (χ0) is 15.2. The molecule has 2 atom stereocenters. The third-order valence-corrected chi connectivity index (χ3v) is 3.99. The van der Waals surface area contributed by atoms with Crippen LogP contribution in [0.4, 0.5) is 17.8 Å². The summed E-state index contributed by atoms with van der Waals surface area (Å²) in [6, 6.07) is 0. The van der Waals surface area contributed by atoms with E-state index in [4.69, 9.17) is 5.73 Å². The molecule has 118 valence electrons. The Labute approximate surface area is 126 Å². The molecule has 0 aliphatic heterocycles. The monoisotopic (exact) mass is 294 g/mol. The summed E-state index contributed by atoms with van der Waals surface area (Å²) in [5, 5.41) is 12.9. The van der Waals surface area contributed by atoms with Gasteiger partial charge in [-0.05, 0) is 39.0 Å². The SMILES string of the molecule is CCN(CC)c1nc(N)nc(NCC2CCCC(O)C2)n1. The van der Waals surface area contributed by atoms with Crippen LogP contribution in [0.15, 0.2) is 0 Å². The summed E-state index contributed by atoms with van der Waals surface area (Å²) in [7, 11) is 0. The van der Waals surface area contributed by atoms with Gasteiger partial charge in [0.25, 0.3) is 0 Å². The van der Waals surface area contributed by atoms with Crippen LogP contribution in [-0.4, -0.2) is 45.8 Å². The molecular formula is C14H26N6O. The van der Waals surface area contributed by atoms with Gasteiger partial charge in [-0.15, -0.1) is 0 Å². The van der Waals surface area contributed by atoms with Crippen LogP contribution in [-0.2, 0) is 0 Å². The lowest BCUT2D eigenvalue weighted by atomic mass is 9.87. The Bertz CT molecular complexity index is 451. The van der Waals surface area contributed by atoms with Crippen molar-refractivity contribution in [1.29, 1.82) is 0 Å². The highest BCUT2D eigenvalue weighted by Gasteiger charge is 2.20. The molecule has 0 amide bonds. The number of hydrogen-bond acceptors (Lipinski definition) is 7. The second-order valence-corrected chi connectivity index (χ2v) is 5.56. The van der Waals surface area contributed by atoms with Gasteiger partial charge in [-0.3, -0.25) is 0 Å². The van der Waals surface area contributed by atoms with E-state index in [0.29, 0.717) is 17.8 Å². The predicted molar refractivity (Wildman–Crippen MR) is 84.3 cm³/mol. The van der Waals surface area contributed by atoms with Gasteiger partial charge in [-0.25, -0.2) is 0 Å². The molecule has 1 aromatic rings. The van der Waals surface area contributed by atoms with Crippen molar-refractivity contribution < 1.29 is 5.11 Å². The standard InChI is InChI=1S/C14H26N6O/c1-3-20(4-2)14-18-12(15)17-13(19-14)16-9-10-6-5-7-11(21)8-10/h10-11,21H,3-9H2,1-2H3,(H3,15,16,17,18,19). The third-order valence-electron chi connectivity index (χ3n) is 3.99. The fourth-order valence-electron chi connectivity index (χ4n) is 2.79. The van der Waals surface area contributed by atoms with Gasteiger partial charge in [0.1, 0.15) is 0 Å². The van der Waals surface area contributed by atoms with Crippen molar-refractivity contribution in [3.05, 3.63) is 0 Å². The summed E-state index contributed by atoms with van der Waals surface area (Å²) in [4.78, 5) is 14.8. The number of rotatable bonds is 6. The van der Waals surface area contributed by atoms with Crippen LogP contribution < -0.4 is 16.0 Å².